The van der Waals surface area contributed by atoms with E-state index in [-0.39, 0.29) is 0 Å². The van der Waals surface area contributed by atoms with Gasteiger partial charge in [0.2, 0.25) is 0 Å². The monoisotopic (exact) mass is 676 g/mol. The maximum Gasteiger partial charge on any atom is 0.114 e. The minimum atomic E-state index is 0.858. The fourth-order valence-electron chi connectivity index (χ4n) is 8.19. The van der Waals surface area contributed by atoms with E-state index >= 15 is 0 Å². The average molecular weight is 677 g/mol. The van der Waals surface area contributed by atoms with Crippen molar-refractivity contribution in [1.29, 1.82) is 0 Å². The van der Waals surface area contributed by atoms with Gasteiger partial charge in [-0.1, -0.05) is 159 Å². The molecule has 0 N–H and O–H groups in total. The predicted molar refractivity (Wildman–Crippen MR) is 225 cm³/mol. The molecule has 1 heterocycles. The van der Waals surface area contributed by atoms with E-state index in [4.69, 9.17) is 4.98 Å². The summed E-state index contributed by atoms with van der Waals surface area (Å²) >= 11 is 0. The van der Waals surface area contributed by atoms with E-state index in [9.17, 15) is 0 Å². The number of para-hydroxylation sites is 2. The van der Waals surface area contributed by atoms with Crippen LogP contribution >= 0.6 is 0 Å². The van der Waals surface area contributed by atoms with E-state index < -0.39 is 0 Å². The third-order valence-corrected chi connectivity index (χ3v) is 10.7. The van der Waals surface area contributed by atoms with Gasteiger partial charge in [-0.25, -0.2) is 4.98 Å². The van der Waals surface area contributed by atoms with Crippen LogP contribution in [0.5, 0.6) is 0 Å². The van der Waals surface area contributed by atoms with Crippen LogP contribution in [0, 0.1) is 0 Å². The highest BCUT2D eigenvalue weighted by molar-refractivity contribution is 6.22. The van der Waals surface area contributed by atoms with Crippen molar-refractivity contribution >= 4 is 43.4 Å². The second-order valence-corrected chi connectivity index (χ2v) is 13.8. The summed E-state index contributed by atoms with van der Waals surface area (Å²) in [7, 11) is 0. The molecule has 1 aromatic heterocycles. The van der Waals surface area contributed by atoms with Crippen LogP contribution in [0.1, 0.15) is 12.7 Å². The molecule has 0 saturated carbocycles. The number of hydrogen-bond acceptors (Lipinski definition) is 1. The SMILES string of the molecule is CCc1nc2ccccc2n1-c1ccc(-c2c3ccccc3c(-c3ccc4ccccc4c3)c3ccc(-c4ccc(-c5ccccc5)cc4)cc23)cc1. The van der Waals surface area contributed by atoms with Crippen LogP contribution in [-0.2, 0) is 6.42 Å². The predicted octanol–water partition coefficient (Wildman–Crippen LogP) is 13.7. The summed E-state index contributed by atoms with van der Waals surface area (Å²) in [4.78, 5) is 4.95. The second-order valence-electron chi connectivity index (χ2n) is 13.8. The molecule has 0 atom stereocenters. The molecule has 250 valence electrons. The maximum absolute atomic E-state index is 4.95. The van der Waals surface area contributed by atoms with Gasteiger partial charge in [0.1, 0.15) is 5.82 Å². The molecule has 0 radical (unpaired) electrons. The number of hydrogen-bond donors (Lipinski definition) is 0. The third kappa shape index (κ3) is 5.30. The van der Waals surface area contributed by atoms with Gasteiger partial charge >= 0.3 is 0 Å². The Bertz CT molecular complexity index is 2950. The minimum Gasteiger partial charge on any atom is -0.296 e. The summed E-state index contributed by atoms with van der Waals surface area (Å²) in [5.74, 6) is 1.07. The van der Waals surface area contributed by atoms with Gasteiger partial charge in [-0.2, -0.15) is 0 Å². The molecule has 0 spiro atoms. The molecule has 53 heavy (non-hydrogen) atoms. The van der Waals surface area contributed by atoms with Gasteiger partial charge in [-0.15, -0.1) is 0 Å². The standard InChI is InChI=1S/C51H36N2/c1-2-49-52-47-18-10-11-19-48(47)53(49)42-29-26-38(27-30-42)50-43-16-8-9-17-44(43)51(41-25-24-35-14-6-7-15-39(35)32-41)45-31-28-40(33-46(45)50)37-22-20-36(21-23-37)34-12-4-3-5-13-34/h3-33H,2H2,1H3. The van der Waals surface area contributed by atoms with E-state index in [1.807, 2.05) is 0 Å². The van der Waals surface area contributed by atoms with E-state index in [0.29, 0.717) is 0 Å². The zero-order valence-corrected chi connectivity index (χ0v) is 29.5. The molecule has 0 unspecified atom stereocenters. The number of rotatable bonds is 6. The van der Waals surface area contributed by atoms with Crippen LogP contribution in [0.3, 0.4) is 0 Å². The van der Waals surface area contributed by atoms with E-state index in [0.717, 1.165) is 29.0 Å². The first-order valence-electron chi connectivity index (χ1n) is 18.4. The number of aryl methyl sites for hydroxylation is 1. The smallest absolute Gasteiger partial charge is 0.114 e. The molecule has 2 nitrogen and oxygen atoms in total. The lowest BCUT2D eigenvalue weighted by atomic mass is 9.84. The largest absolute Gasteiger partial charge is 0.296 e. The molecule has 0 aliphatic carbocycles. The van der Waals surface area contributed by atoms with Gasteiger partial charge in [0.05, 0.1) is 11.0 Å². The first kappa shape index (κ1) is 31.0. The molecule has 0 fully saturated rings. The summed E-state index contributed by atoms with van der Waals surface area (Å²) in [5.41, 5.74) is 13.1. The lowest BCUT2D eigenvalue weighted by Crippen LogP contribution is -2.00. The third-order valence-electron chi connectivity index (χ3n) is 10.7. The fraction of sp³-hybridized carbons (Fsp3) is 0.0392. The molecule has 10 aromatic rings. The first-order chi connectivity index (χ1) is 26.2. The Balaban J connectivity index is 1.20. The number of imidazole rings is 1. The lowest BCUT2D eigenvalue weighted by molar-refractivity contribution is 0.908. The van der Waals surface area contributed by atoms with Crippen molar-refractivity contribution in [3.05, 3.63) is 194 Å². The van der Waals surface area contributed by atoms with Crippen LogP contribution in [-0.4, -0.2) is 9.55 Å². The van der Waals surface area contributed by atoms with Gasteiger partial charge in [-0.3, -0.25) is 4.57 Å². The van der Waals surface area contributed by atoms with Crippen LogP contribution in [0.25, 0.3) is 93.5 Å². The summed E-state index contributed by atoms with van der Waals surface area (Å²) in [6, 6.07) is 68.6. The van der Waals surface area contributed by atoms with E-state index in [1.165, 1.54) is 76.8 Å². The summed E-state index contributed by atoms with van der Waals surface area (Å²) in [5, 5.41) is 7.48. The number of benzene rings is 9. The van der Waals surface area contributed by atoms with Crippen molar-refractivity contribution in [3.8, 4) is 50.2 Å². The van der Waals surface area contributed by atoms with Gasteiger partial charge in [0.25, 0.3) is 0 Å². The highest BCUT2D eigenvalue weighted by atomic mass is 15.1. The lowest BCUT2D eigenvalue weighted by Gasteiger charge is -2.19. The molecule has 9 aromatic carbocycles. The van der Waals surface area contributed by atoms with Crippen LogP contribution in [0.2, 0.25) is 0 Å². The fourth-order valence-corrected chi connectivity index (χ4v) is 8.19. The van der Waals surface area contributed by atoms with Crippen molar-refractivity contribution in [2.24, 2.45) is 0 Å². The highest BCUT2D eigenvalue weighted by Crippen LogP contribution is 2.45. The van der Waals surface area contributed by atoms with Crippen molar-refractivity contribution in [1.82, 2.24) is 9.55 Å². The topological polar surface area (TPSA) is 17.8 Å². The molecule has 10 rings (SSSR count). The van der Waals surface area contributed by atoms with Crippen molar-refractivity contribution in [2.45, 2.75) is 13.3 Å². The Morgan fingerprint density at radius 1 is 0.396 bits per heavy atom. The Labute approximate surface area is 309 Å². The Morgan fingerprint density at radius 3 is 1.70 bits per heavy atom. The molecular weight excluding hydrogens is 641 g/mol. The van der Waals surface area contributed by atoms with E-state index in [1.54, 1.807) is 0 Å². The molecular formula is C51H36N2. The Kier molecular flexibility index (Phi) is 7.47. The zero-order chi connectivity index (χ0) is 35.3. The Hall–Kier alpha value is -6.77. The molecule has 0 aliphatic heterocycles. The van der Waals surface area contributed by atoms with Gasteiger partial charge < -0.3 is 0 Å². The van der Waals surface area contributed by atoms with Gasteiger partial charge in [-0.05, 0) is 113 Å². The van der Waals surface area contributed by atoms with E-state index in [2.05, 4.69) is 200 Å². The highest BCUT2D eigenvalue weighted by Gasteiger charge is 2.19. The molecule has 0 amide bonds. The summed E-state index contributed by atoms with van der Waals surface area (Å²) in [6.07, 6.45) is 0.858. The van der Waals surface area contributed by atoms with Crippen LogP contribution in [0.15, 0.2) is 188 Å². The van der Waals surface area contributed by atoms with Crippen LogP contribution < -0.4 is 0 Å². The molecule has 2 heteroatoms. The summed E-state index contributed by atoms with van der Waals surface area (Å²) in [6.45, 7) is 2.17. The average Bonchev–Trinajstić information content (AvgIpc) is 3.62. The van der Waals surface area contributed by atoms with Crippen molar-refractivity contribution in [2.75, 3.05) is 0 Å². The Morgan fingerprint density at radius 2 is 0.943 bits per heavy atom. The number of nitrogens with zero attached hydrogens (tertiary/aromatic N) is 2. The van der Waals surface area contributed by atoms with Gasteiger partial charge in [0, 0.05) is 12.1 Å². The van der Waals surface area contributed by atoms with Crippen LogP contribution in [0.4, 0.5) is 0 Å². The van der Waals surface area contributed by atoms with Gasteiger partial charge in [0.15, 0.2) is 0 Å². The minimum absolute atomic E-state index is 0.858. The number of fused-ring (bicyclic) bond motifs is 4. The number of aromatic nitrogens is 2. The van der Waals surface area contributed by atoms with Crippen molar-refractivity contribution in [3.63, 3.8) is 0 Å². The molecule has 0 bridgehead atoms. The zero-order valence-electron chi connectivity index (χ0n) is 29.5. The summed E-state index contributed by atoms with van der Waals surface area (Å²) < 4.78 is 2.30. The quantitative estimate of drug-likeness (QED) is 0.160. The normalized spacial score (nSPS) is 11.6. The second kappa shape index (κ2) is 12.8. The molecule has 0 aliphatic rings. The maximum atomic E-state index is 4.95. The first-order valence-corrected chi connectivity index (χ1v) is 18.4. The molecule has 0 saturated heterocycles. The van der Waals surface area contributed by atoms with Crippen molar-refractivity contribution < 1.29 is 0 Å².